The van der Waals surface area contributed by atoms with E-state index in [9.17, 15) is 9.59 Å². The van der Waals surface area contributed by atoms with Gasteiger partial charge in [0, 0.05) is 31.1 Å². The molecule has 2 rings (SSSR count). The number of carbonyl (C=O) groups is 2. The summed E-state index contributed by atoms with van der Waals surface area (Å²) in [5, 5.41) is 0. The van der Waals surface area contributed by atoms with Gasteiger partial charge in [0.05, 0.1) is 11.6 Å². The van der Waals surface area contributed by atoms with Gasteiger partial charge in [-0.15, -0.1) is 5.57 Å². The average Bonchev–Trinajstić information content (AvgIpc) is 2.18. The molecule has 0 N–H and O–H groups in total. The molecule has 0 radical (unpaired) electrons. The molecule has 2 nitrogen and oxygen atoms in total. The van der Waals surface area contributed by atoms with Gasteiger partial charge in [-0.2, -0.15) is 6.08 Å². The number of Topliss-reactive ketones (excluding diaryl/α,β-unsaturated/α-hetero) is 2. The maximum atomic E-state index is 11.7. The van der Waals surface area contributed by atoms with Crippen molar-refractivity contribution in [3.8, 4) is 0 Å². The number of fused-ring (bicyclic) bond motifs is 1. The molecule has 0 fully saturated rings. The Bertz CT molecular complexity index is 447. The molecule has 0 spiro atoms. The topological polar surface area (TPSA) is 34.1 Å². The fourth-order valence-corrected chi connectivity index (χ4v) is 1.58. The van der Waals surface area contributed by atoms with E-state index in [4.69, 9.17) is 0 Å². The third-order valence-corrected chi connectivity index (χ3v) is 2.30. The van der Waals surface area contributed by atoms with Crippen molar-refractivity contribution in [1.82, 2.24) is 0 Å². The minimum atomic E-state index is -0.204. The first-order valence-electron chi connectivity index (χ1n) is 4.44. The molecule has 0 saturated heterocycles. The Kier molecular flexibility index (Phi) is 4.07. The van der Waals surface area contributed by atoms with Crippen molar-refractivity contribution in [2.75, 3.05) is 0 Å². The molecule has 1 aromatic rings. The SMILES string of the molecule is CC(=O)C1=[C-]Cc2ccccc2C1=O.[U]. The van der Waals surface area contributed by atoms with Crippen molar-refractivity contribution < 1.29 is 40.7 Å². The summed E-state index contributed by atoms with van der Waals surface area (Å²) in [6.45, 7) is 1.40. The molecule has 1 aliphatic carbocycles. The van der Waals surface area contributed by atoms with Crippen LogP contribution in [-0.2, 0) is 11.2 Å². The molecule has 0 aliphatic heterocycles. The summed E-state index contributed by atoms with van der Waals surface area (Å²) in [5.41, 5.74) is 1.78. The summed E-state index contributed by atoms with van der Waals surface area (Å²) in [7, 11) is 0. The molecule has 15 heavy (non-hydrogen) atoms. The van der Waals surface area contributed by atoms with Gasteiger partial charge in [-0.1, -0.05) is 36.2 Å². The zero-order valence-electron chi connectivity index (χ0n) is 8.33. The van der Waals surface area contributed by atoms with Crippen LogP contribution in [0.1, 0.15) is 22.8 Å². The Labute approximate surface area is 112 Å². The first kappa shape index (κ1) is 12.4. The zero-order chi connectivity index (χ0) is 10.1. The number of benzene rings is 1. The van der Waals surface area contributed by atoms with Crippen molar-refractivity contribution in [3.05, 3.63) is 47.0 Å². The van der Waals surface area contributed by atoms with Gasteiger partial charge in [-0.05, 0) is 12.5 Å². The van der Waals surface area contributed by atoms with Gasteiger partial charge in [0.1, 0.15) is 0 Å². The molecule has 0 unspecified atom stereocenters. The van der Waals surface area contributed by atoms with Gasteiger partial charge in [-0.3, -0.25) is 0 Å². The second kappa shape index (κ2) is 4.92. The van der Waals surface area contributed by atoms with Gasteiger partial charge in [0.25, 0.3) is 0 Å². The predicted octanol–water partition coefficient (Wildman–Crippen LogP) is 1.74. The molecule has 3 heteroatoms. The maximum Gasteiger partial charge on any atom is 0.0818 e. The van der Waals surface area contributed by atoms with Crippen LogP contribution in [0.15, 0.2) is 29.8 Å². The Morgan fingerprint density at radius 2 is 2.00 bits per heavy atom. The Balaban J connectivity index is 0.00000112. The Morgan fingerprint density at radius 3 is 2.67 bits per heavy atom. The van der Waals surface area contributed by atoms with E-state index in [-0.39, 0.29) is 48.3 Å². The smallest absolute Gasteiger partial charge is 0.0818 e. The van der Waals surface area contributed by atoms with Crippen LogP contribution in [0.3, 0.4) is 0 Å². The average molecular weight is 423 g/mol. The van der Waals surface area contributed by atoms with Crippen LogP contribution >= 0.6 is 0 Å². The van der Waals surface area contributed by atoms with Crippen LogP contribution in [0, 0.1) is 37.2 Å². The molecule has 0 bridgehead atoms. The molecule has 1 aliphatic rings. The number of ketones is 2. The van der Waals surface area contributed by atoms with Crippen LogP contribution in [0.4, 0.5) is 0 Å². The van der Waals surface area contributed by atoms with E-state index >= 15 is 0 Å². The van der Waals surface area contributed by atoms with E-state index in [2.05, 4.69) is 6.08 Å². The minimum Gasteiger partial charge on any atom is -0.371 e. The van der Waals surface area contributed by atoms with Crippen LogP contribution in [0.2, 0.25) is 0 Å². The van der Waals surface area contributed by atoms with E-state index in [1.54, 1.807) is 12.1 Å². The predicted molar refractivity (Wildman–Crippen MR) is 51.9 cm³/mol. The molecule has 1 aromatic carbocycles. The summed E-state index contributed by atoms with van der Waals surface area (Å²) < 4.78 is 0. The number of hydrogen-bond donors (Lipinski definition) is 0. The van der Waals surface area contributed by atoms with Crippen molar-refractivity contribution in [2.24, 2.45) is 0 Å². The van der Waals surface area contributed by atoms with Crippen molar-refractivity contribution >= 4 is 11.6 Å². The summed E-state index contributed by atoms with van der Waals surface area (Å²) in [5.74, 6) is -0.399. The van der Waals surface area contributed by atoms with Gasteiger partial charge in [0.2, 0.25) is 0 Å². The second-order valence-electron chi connectivity index (χ2n) is 3.27. The quantitative estimate of drug-likeness (QED) is 0.510. The number of hydrogen-bond acceptors (Lipinski definition) is 2. The molecule has 0 atom stereocenters. The third-order valence-electron chi connectivity index (χ3n) is 2.30. The van der Waals surface area contributed by atoms with Crippen molar-refractivity contribution in [1.29, 1.82) is 0 Å². The first-order chi connectivity index (χ1) is 6.70. The molecule has 0 amide bonds. The van der Waals surface area contributed by atoms with Crippen LogP contribution in [-0.4, -0.2) is 11.6 Å². The second-order valence-corrected chi connectivity index (χ2v) is 3.27. The zero-order valence-corrected chi connectivity index (χ0v) is 12.5. The van der Waals surface area contributed by atoms with E-state index in [0.717, 1.165) is 5.56 Å². The summed E-state index contributed by atoms with van der Waals surface area (Å²) >= 11 is 0. The molecule has 0 saturated carbocycles. The monoisotopic (exact) mass is 423 g/mol. The Morgan fingerprint density at radius 1 is 1.33 bits per heavy atom. The molecular weight excluding hydrogens is 414 g/mol. The van der Waals surface area contributed by atoms with Crippen LogP contribution in [0.25, 0.3) is 0 Å². The van der Waals surface area contributed by atoms with E-state index in [0.29, 0.717) is 12.0 Å². The van der Waals surface area contributed by atoms with Gasteiger partial charge in [-0.25, -0.2) is 0 Å². The summed E-state index contributed by atoms with van der Waals surface area (Å²) in [6.07, 6.45) is 3.39. The fraction of sp³-hybridized carbons (Fsp3) is 0.167. The number of rotatable bonds is 1. The van der Waals surface area contributed by atoms with Gasteiger partial charge >= 0.3 is 0 Å². The molecule has 0 aromatic heterocycles. The van der Waals surface area contributed by atoms with Crippen LogP contribution < -0.4 is 0 Å². The van der Waals surface area contributed by atoms with Crippen molar-refractivity contribution in [3.63, 3.8) is 0 Å². The van der Waals surface area contributed by atoms with Gasteiger partial charge in [0.15, 0.2) is 0 Å². The van der Waals surface area contributed by atoms with E-state index in [1.165, 1.54) is 6.92 Å². The molecular formula is C12H9O2U-. The van der Waals surface area contributed by atoms with Crippen molar-refractivity contribution in [2.45, 2.75) is 13.3 Å². The number of carbonyl (C=O) groups excluding carboxylic acids is 2. The molecule has 0 heterocycles. The fourth-order valence-electron chi connectivity index (χ4n) is 1.58. The van der Waals surface area contributed by atoms with Crippen LogP contribution in [0.5, 0.6) is 0 Å². The third kappa shape index (κ3) is 2.30. The Hall–Kier alpha value is -0.648. The largest absolute Gasteiger partial charge is 0.371 e. The van der Waals surface area contributed by atoms with E-state index in [1.807, 2.05) is 12.1 Å². The standard InChI is InChI=1S/C12H9O2.U/c1-8(13)10-7-6-9-4-2-3-5-11(9)12(10)14;/h2-5H,6H2,1H3;/q-1;. The summed E-state index contributed by atoms with van der Waals surface area (Å²) in [4.78, 5) is 22.8. The first-order valence-corrected chi connectivity index (χ1v) is 4.44. The van der Waals surface area contributed by atoms with Gasteiger partial charge < -0.3 is 9.59 Å². The normalized spacial score (nSPS) is 13.7. The summed E-state index contributed by atoms with van der Waals surface area (Å²) in [6, 6.07) is 7.32. The maximum absolute atomic E-state index is 11.7. The van der Waals surface area contributed by atoms with E-state index < -0.39 is 0 Å². The molecule has 74 valence electrons. The number of allylic oxidation sites excluding steroid dienone is 2. The minimum absolute atomic E-state index is 0.